The molecule has 2 heteroatoms. The van der Waals surface area contributed by atoms with Gasteiger partial charge in [-0.1, -0.05) is 13.8 Å². The maximum Gasteiger partial charge on any atom is 0.160 e. The fraction of sp³-hybridized carbons (Fsp3) is 1.00. The molecule has 0 unspecified atom stereocenters. The monoisotopic (exact) mass is 130 g/mol. The largest absolute Gasteiger partial charge is 0.350 e. The Kier molecular flexibility index (Phi) is 2.09. The van der Waals surface area contributed by atoms with E-state index in [0.29, 0.717) is 5.92 Å². The van der Waals surface area contributed by atoms with Gasteiger partial charge in [-0.25, -0.2) is 0 Å². The van der Waals surface area contributed by atoms with E-state index in [-0.39, 0.29) is 12.4 Å². The van der Waals surface area contributed by atoms with Crippen molar-refractivity contribution in [2.45, 2.75) is 33.2 Å². The normalized spacial score (nSPS) is 36.0. The van der Waals surface area contributed by atoms with E-state index in [1.165, 1.54) is 0 Å². The van der Waals surface area contributed by atoms with Gasteiger partial charge in [-0.3, -0.25) is 0 Å². The van der Waals surface area contributed by atoms with Gasteiger partial charge in [0.2, 0.25) is 0 Å². The standard InChI is InChI=1S/C7H14O2/c1-5(2)7-8-4-6(3)9-7/h5-7H,4H2,1-3H3/t6-,7-/m0/s1. The third kappa shape index (κ3) is 1.66. The van der Waals surface area contributed by atoms with Gasteiger partial charge in [0.25, 0.3) is 0 Å². The second-order valence-corrected chi connectivity index (χ2v) is 2.89. The highest BCUT2D eigenvalue weighted by Gasteiger charge is 2.24. The minimum atomic E-state index is 0.0417. The Morgan fingerprint density at radius 1 is 1.44 bits per heavy atom. The van der Waals surface area contributed by atoms with Gasteiger partial charge in [0.05, 0.1) is 12.7 Å². The maximum atomic E-state index is 5.40. The Bertz CT molecular complexity index is 90.9. The average Bonchev–Trinajstić information content (AvgIpc) is 2.14. The van der Waals surface area contributed by atoms with Crippen LogP contribution in [0.3, 0.4) is 0 Å². The number of hydrogen-bond acceptors (Lipinski definition) is 2. The first-order chi connectivity index (χ1) is 4.20. The molecular formula is C7H14O2. The molecule has 1 fully saturated rings. The van der Waals surface area contributed by atoms with Gasteiger partial charge in [-0.2, -0.15) is 0 Å². The molecule has 9 heavy (non-hydrogen) atoms. The van der Waals surface area contributed by atoms with Crippen molar-refractivity contribution in [3.63, 3.8) is 0 Å². The first kappa shape index (κ1) is 7.03. The Balaban J connectivity index is 2.30. The summed E-state index contributed by atoms with van der Waals surface area (Å²) in [4.78, 5) is 0. The van der Waals surface area contributed by atoms with E-state index in [4.69, 9.17) is 9.47 Å². The second-order valence-electron chi connectivity index (χ2n) is 2.89. The van der Waals surface area contributed by atoms with E-state index in [1.807, 2.05) is 6.92 Å². The molecule has 1 saturated heterocycles. The van der Waals surface area contributed by atoms with Crippen LogP contribution in [0.5, 0.6) is 0 Å². The smallest absolute Gasteiger partial charge is 0.160 e. The molecule has 0 N–H and O–H groups in total. The zero-order valence-corrected chi connectivity index (χ0v) is 6.26. The van der Waals surface area contributed by atoms with E-state index >= 15 is 0 Å². The van der Waals surface area contributed by atoms with Gasteiger partial charge in [-0.05, 0) is 6.92 Å². The van der Waals surface area contributed by atoms with E-state index in [0.717, 1.165) is 6.61 Å². The summed E-state index contributed by atoms with van der Waals surface area (Å²) in [5.41, 5.74) is 0. The molecule has 1 rings (SSSR count). The second kappa shape index (κ2) is 2.67. The molecule has 1 aliphatic heterocycles. The third-order valence-corrected chi connectivity index (χ3v) is 1.41. The highest BCUT2D eigenvalue weighted by molar-refractivity contribution is 4.61. The molecule has 0 saturated carbocycles. The van der Waals surface area contributed by atoms with Gasteiger partial charge in [0, 0.05) is 5.92 Å². The van der Waals surface area contributed by atoms with Crippen molar-refractivity contribution in [3.05, 3.63) is 0 Å². The number of rotatable bonds is 1. The number of ether oxygens (including phenoxy) is 2. The van der Waals surface area contributed by atoms with Crippen molar-refractivity contribution in [3.8, 4) is 0 Å². The molecule has 1 heterocycles. The van der Waals surface area contributed by atoms with Gasteiger partial charge < -0.3 is 9.47 Å². The minimum absolute atomic E-state index is 0.0417. The molecular weight excluding hydrogens is 116 g/mol. The third-order valence-electron chi connectivity index (χ3n) is 1.41. The van der Waals surface area contributed by atoms with Crippen LogP contribution in [0.25, 0.3) is 0 Å². The lowest BCUT2D eigenvalue weighted by atomic mass is 10.2. The topological polar surface area (TPSA) is 18.5 Å². The quantitative estimate of drug-likeness (QED) is 0.534. The molecule has 2 nitrogen and oxygen atoms in total. The fourth-order valence-corrected chi connectivity index (χ4v) is 0.887. The molecule has 0 aromatic carbocycles. The highest BCUT2D eigenvalue weighted by Crippen LogP contribution is 2.17. The van der Waals surface area contributed by atoms with Crippen molar-refractivity contribution in [2.75, 3.05) is 6.61 Å². The molecule has 0 aromatic heterocycles. The molecule has 1 aliphatic rings. The van der Waals surface area contributed by atoms with Crippen LogP contribution in [0.4, 0.5) is 0 Å². The SMILES string of the molecule is CC(C)[C@H]1OC[C@H](C)O1. The van der Waals surface area contributed by atoms with Gasteiger partial charge in [-0.15, -0.1) is 0 Å². The average molecular weight is 130 g/mol. The zero-order valence-electron chi connectivity index (χ0n) is 6.26. The summed E-state index contributed by atoms with van der Waals surface area (Å²) in [6.45, 7) is 6.98. The lowest BCUT2D eigenvalue weighted by molar-refractivity contribution is -0.0846. The van der Waals surface area contributed by atoms with E-state index in [2.05, 4.69) is 13.8 Å². The number of hydrogen-bond donors (Lipinski definition) is 0. The van der Waals surface area contributed by atoms with Gasteiger partial charge in [0.1, 0.15) is 0 Å². The highest BCUT2D eigenvalue weighted by atomic mass is 16.7. The predicted octanol–water partition coefficient (Wildman–Crippen LogP) is 1.40. The first-order valence-electron chi connectivity index (χ1n) is 3.47. The van der Waals surface area contributed by atoms with Crippen LogP contribution >= 0.6 is 0 Å². The zero-order chi connectivity index (χ0) is 6.85. The molecule has 0 aliphatic carbocycles. The summed E-state index contributed by atoms with van der Waals surface area (Å²) in [5.74, 6) is 0.481. The molecule has 54 valence electrons. The lowest BCUT2D eigenvalue weighted by Gasteiger charge is -2.12. The maximum absolute atomic E-state index is 5.40. The summed E-state index contributed by atoms with van der Waals surface area (Å²) >= 11 is 0. The summed E-state index contributed by atoms with van der Waals surface area (Å²) < 4.78 is 10.7. The van der Waals surface area contributed by atoms with Crippen LogP contribution in [-0.4, -0.2) is 19.0 Å². The molecule has 0 bridgehead atoms. The molecule has 2 atom stereocenters. The first-order valence-corrected chi connectivity index (χ1v) is 3.47. The van der Waals surface area contributed by atoms with Gasteiger partial charge in [0.15, 0.2) is 6.29 Å². The van der Waals surface area contributed by atoms with Crippen LogP contribution < -0.4 is 0 Å². The molecule has 0 radical (unpaired) electrons. The molecule has 0 aromatic rings. The fourth-order valence-electron chi connectivity index (χ4n) is 0.887. The van der Waals surface area contributed by atoms with Crippen molar-refractivity contribution >= 4 is 0 Å². The lowest BCUT2D eigenvalue weighted by Crippen LogP contribution is -2.16. The molecule has 0 spiro atoms. The van der Waals surface area contributed by atoms with Crippen LogP contribution in [0, 0.1) is 5.92 Å². The van der Waals surface area contributed by atoms with Crippen LogP contribution in [0.1, 0.15) is 20.8 Å². The van der Waals surface area contributed by atoms with Crippen molar-refractivity contribution in [1.82, 2.24) is 0 Å². The van der Waals surface area contributed by atoms with Gasteiger partial charge >= 0.3 is 0 Å². The van der Waals surface area contributed by atoms with E-state index in [1.54, 1.807) is 0 Å². The van der Waals surface area contributed by atoms with Crippen molar-refractivity contribution < 1.29 is 9.47 Å². The molecule has 0 amide bonds. The Morgan fingerprint density at radius 2 is 2.11 bits per heavy atom. The summed E-state index contributed by atoms with van der Waals surface area (Å²) in [6, 6.07) is 0. The van der Waals surface area contributed by atoms with E-state index in [9.17, 15) is 0 Å². The van der Waals surface area contributed by atoms with E-state index < -0.39 is 0 Å². The van der Waals surface area contributed by atoms with Crippen molar-refractivity contribution in [2.24, 2.45) is 5.92 Å². The minimum Gasteiger partial charge on any atom is -0.350 e. The summed E-state index contributed by atoms with van der Waals surface area (Å²) in [7, 11) is 0. The Labute approximate surface area is 56.2 Å². The Hall–Kier alpha value is -0.0800. The summed E-state index contributed by atoms with van der Waals surface area (Å²) in [5, 5.41) is 0. The Morgan fingerprint density at radius 3 is 2.33 bits per heavy atom. The predicted molar refractivity (Wildman–Crippen MR) is 35.1 cm³/mol. The van der Waals surface area contributed by atoms with Crippen LogP contribution in [0.15, 0.2) is 0 Å². The van der Waals surface area contributed by atoms with Crippen LogP contribution in [0.2, 0.25) is 0 Å². The summed E-state index contributed by atoms with van der Waals surface area (Å²) in [6.07, 6.45) is 0.331. The van der Waals surface area contributed by atoms with Crippen molar-refractivity contribution in [1.29, 1.82) is 0 Å². The van der Waals surface area contributed by atoms with Crippen LogP contribution in [-0.2, 0) is 9.47 Å².